The molecule has 6 aliphatic heterocycles. The first-order valence-electron chi connectivity index (χ1n) is 22.5. The Morgan fingerprint density at radius 3 is 1.58 bits per heavy atom. The summed E-state index contributed by atoms with van der Waals surface area (Å²) in [7, 11) is 0. The molecule has 6 heterocycles. The number of hydrogen-bond donors (Lipinski definition) is 0. The van der Waals surface area contributed by atoms with E-state index < -0.39 is 12.1 Å². The Hall–Kier alpha value is -7.58. The zero-order chi connectivity index (χ0) is 42.2. The van der Waals surface area contributed by atoms with E-state index in [1.165, 1.54) is 11.1 Å². The van der Waals surface area contributed by atoms with Crippen molar-refractivity contribution >= 4 is 35.2 Å². The normalized spacial score (nSPS) is 27.0. The Balaban J connectivity index is 0.000000129. The van der Waals surface area contributed by atoms with Crippen LogP contribution in [0.5, 0.6) is 11.5 Å². The van der Waals surface area contributed by atoms with Crippen LogP contribution in [-0.2, 0) is 9.47 Å². The fourth-order valence-corrected chi connectivity index (χ4v) is 11.0. The van der Waals surface area contributed by atoms with Crippen molar-refractivity contribution in [3.05, 3.63) is 228 Å². The average molecular weight is 839 g/mol. The van der Waals surface area contributed by atoms with Crippen LogP contribution < -0.4 is 19.3 Å². The summed E-state index contributed by atoms with van der Waals surface area (Å²) in [6.07, 6.45) is 17.3. The fourth-order valence-electron chi connectivity index (χ4n) is 11.0. The molecule has 0 saturated carbocycles. The van der Waals surface area contributed by atoms with Crippen molar-refractivity contribution < 1.29 is 28.1 Å². The van der Waals surface area contributed by atoms with Gasteiger partial charge in [-0.1, -0.05) is 130 Å². The van der Waals surface area contributed by atoms with Crippen LogP contribution >= 0.6 is 0 Å². The Bertz CT molecular complexity index is 2960. The zero-order valence-electron chi connectivity index (χ0n) is 35.2. The average Bonchev–Trinajstić information content (AvgIpc) is 3.45. The molecule has 4 unspecified atom stereocenters. The van der Waals surface area contributed by atoms with E-state index in [1.54, 1.807) is 0 Å². The Morgan fingerprint density at radius 1 is 0.484 bits per heavy atom. The van der Waals surface area contributed by atoms with E-state index in [4.69, 9.17) is 18.9 Å². The predicted octanol–water partition coefficient (Wildman–Crippen LogP) is 11.8. The monoisotopic (exact) mass is 838 g/mol. The van der Waals surface area contributed by atoms with Gasteiger partial charge in [0.15, 0.2) is 12.4 Å². The highest BCUT2D eigenvalue weighted by atomic mass is 16.8. The highest BCUT2D eigenvalue weighted by molar-refractivity contribution is 5.83. The molecule has 2 aliphatic carbocycles. The molecule has 8 nitrogen and oxygen atoms in total. The molecule has 64 heavy (non-hydrogen) atoms. The summed E-state index contributed by atoms with van der Waals surface area (Å²) in [6, 6.07) is 56.5. The number of hydrogen-bond acceptors (Lipinski definition) is 6. The largest absolute Gasteiger partial charge is 0.580 e. The van der Waals surface area contributed by atoms with Crippen LogP contribution in [-0.4, -0.2) is 33.7 Å². The maximum Gasteiger partial charge on any atom is 0.580 e. The molecular weight excluding hydrogens is 793 g/mol. The van der Waals surface area contributed by atoms with Gasteiger partial charge in [-0.05, 0) is 73.7 Å². The van der Waals surface area contributed by atoms with Gasteiger partial charge in [-0.25, -0.2) is 9.80 Å². The van der Waals surface area contributed by atoms with E-state index in [1.807, 2.05) is 24.3 Å². The van der Waals surface area contributed by atoms with Gasteiger partial charge in [-0.15, -0.1) is 0 Å². The minimum absolute atomic E-state index is 0.109. The summed E-state index contributed by atoms with van der Waals surface area (Å²) in [5.41, 5.74) is 8.86. The standard InChI is InChI=1S/2C28H23N2O2/c1-3-12-22(13-4-1)29-19-21-11-9-10-20-18-25-24-16-7-8-17-26(24)31-28(29,32-27(20)21)30(25)23-14-5-2-6-15-23;1-3-9-22(10-4-1)29-19-21-16-15-20-17-25-24-13-7-8-14-26(24)31-28(29,32-27(21)18-20)30(25)23-11-5-2-6-12-23/h1-9,11-17,19-20,25H,10,18H2;1-16,19-20,25H,17-18H2/q2*+1/t2*20?,25?,28-/m11/s1. The molecule has 7 bridgehead atoms. The molecule has 14 rings (SSSR count). The quantitative estimate of drug-likeness (QED) is 0.165. The van der Waals surface area contributed by atoms with Gasteiger partial charge in [0.2, 0.25) is 11.4 Å². The van der Waals surface area contributed by atoms with Gasteiger partial charge in [0.25, 0.3) is 0 Å². The van der Waals surface area contributed by atoms with E-state index in [0.29, 0.717) is 11.8 Å². The van der Waals surface area contributed by atoms with Crippen LogP contribution in [0.1, 0.15) is 48.9 Å². The summed E-state index contributed by atoms with van der Waals surface area (Å²) in [6.45, 7) is 0. The second kappa shape index (κ2) is 14.5. The first-order chi connectivity index (χ1) is 31.6. The first-order valence-corrected chi connectivity index (χ1v) is 22.5. The third-order valence-corrected chi connectivity index (χ3v) is 13.8. The summed E-state index contributed by atoms with van der Waals surface area (Å²) in [5.74, 6) is 4.55. The molecule has 8 heteroatoms. The van der Waals surface area contributed by atoms with E-state index in [9.17, 15) is 0 Å². The molecule has 0 radical (unpaired) electrons. The van der Waals surface area contributed by atoms with Crippen LogP contribution in [0.4, 0.5) is 22.7 Å². The molecule has 0 amide bonds. The number of fused-ring (bicyclic) bond motifs is 7. The molecular formula is C56H46N4O4+2. The lowest BCUT2D eigenvalue weighted by molar-refractivity contribution is -0.650. The Morgan fingerprint density at radius 2 is 0.984 bits per heavy atom. The third kappa shape index (κ3) is 5.68. The van der Waals surface area contributed by atoms with Gasteiger partial charge in [-0.2, -0.15) is 0 Å². The van der Waals surface area contributed by atoms with Crippen molar-refractivity contribution in [2.75, 3.05) is 9.80 Å². The zero-order valence-corrected chi connectivity index (χ0v) is 35.2. The van der Waals surface area contributed by atoms with Gasteiger partial charge in [0, 0.05) is 47.7 Å². The number of anilines is 2. The first kappa shape index (κ1) is 37.0. The number of benzene rings is 6. The Kier molecular flexibility index (Phi) is 8.38. The van der Waals surface area contributed by atoms with Crippen molar-refractivity contribution in [1.82, 2.24) is 0 Å². The number of nitrogens with zero attached hydrogens (tertiary/aromatic N) is 4. The SMILES string of the molecule is C1=CC2=C3O[C@]4(Oc5ccccc5C(CC3C1)N4c1ccccc1)[N+](c1ccccc1)=C2.C1=CC2CC3=C1C=[N+](c1ccccc1)[C@]1(O3)Oc3ccccc3C(C2)N1c1ccccc1. The molecule has 6 aromatic carbocycles. The molecule has 2 fully saturated rings. The minimum atomic E-state index is -1.14. The summed E-state index contributed by atoms with van der Waals surface area (Å²) < 4.78 is 32.0. The summed E-state index contributed by atoms with van der Waals surface area (Å²) in [5, 5.41) is 0. The van der Waals surface area contributed by atoms with Crippen LogP contribution in [0.3, 0.4) is 0 Å². The smallest absolute Gasteiger partial charge is 0.384 e. The maximum absolute atomic E-state index is 6.99. The van der Waals surface area contributed by atoms with E-state index in [0.717, 1.165) is 82.6 Å². The fraction of sp³-hybridized carbons (Fsp3) is 0.179. The summed E-state index contributed by atoms with van der Waals surface area (Å²) >= 11 is 0. The lowest BCUT2D eigenvalue weighted by atomic mass is 9.84. The molecule has 312 valence electrons. The molecule has 2 spiro atoms. The number of rotatable bonds is 4. The molecule has 6 atom stereocenters. The molecule has 8 aliphatic rings. The van der Waals surface area contributed by atoms with Gasteiger partial charge in [0.1, 0.15) is 23.0 Å². The van der Waals surface area contributed by atoms with Crippen molar-refractivity contribution in [3.63, 3.8) is 0 Å². The van der Waals surface area contributed by atoms with Crippen molar-refractivity contribution in [2.45, 2.75) is 49.8 Å². The predicted molar refractivity (Wildman–Crippen MR) is 248 cm³/mol. The third-order valence-electron chi connectivity index (χ3n) is 13.8. The molecule has 0 aromatic heterocycles. The Labute approximate surface area is 372 Å². The minimum Gasteiger partial charge on any atom is -0.384 e. The summed E-state index contributed by atoms with van der Waals surface area (Å²) in [4.78, 5) is 4.67. The highest BCUT2D eigenvalue weighted by Gasteiger charge is 2.66. The topological polar surface area (TPSA) is 49.4 Å². The molecule has 2 saturated heterocycles. The van der Waals surface area contributed by atoms with Crippen LogP contribution in [0.15, 0.2) is 217 Å². The molecule has 0 N–H and O–H groups in total. The second-order valence-electron chi connectivity index (χ2n) is 17.5. The van der Waals surface area contributed by atoms with E-state index in [2.05, 4.69) is 201 Å². The van der Waals surface area contributed by atoms with E-state index >= 15 is 0 Å². The number of para-hydroxylation sites is 6. The lowest BCUT2D eigenvalue weighted by Crippen LogP contribution is -2.67. The van der Waals surface area contributed by atoms with Gasteiger partial charge in [0.05, 0.1) is 34.6 Å². The van der Waals surface area contributed by atoms with Gasteiger partial charge >= 0.3 is 12.1 Å². The van der Waals surface area contributed by atoms with Crippen LogP contribution in [0.2, 0.25) is 0 Å². The molecule has 6 aromatic rings. The van der Waals surface area contributed by atoms with Crippen molar-refractivity contribution in [1.29, 1.82) is 0 Å². The van der Waals surface area contributed by atoms with Crippen LogP contribution in [0.25, 0.3) is 0 Å². The van der Waals surface area contributed by atoms with Crippen molar-refractivity contribution in [3.8, 4) is 11.5 Å². The highest BCUT2D eigenvalue weighted by Crippen LogP contribution is 2.56. The maximum atomic E-state index is 6.99. The second-order valence-corrected chi connectivity index (χ2v) is 17.5. The van der Waals surface area contributed by atoms with Gasteiger partial charge in [-0.3, -0.25) is 0 Å². The number of ether oxygens (including phenoxy) is 4. The van der Waals surface area contributed by atoms with Crippen LogP contribution in [0, 0.1) is 11.8 Å². The lowest BCUT2D eigenvalue weighted by Gasteiger charge is -2.50. The number of allylic oxidation sites excluding steroid dienone is 8. The van der Waals surface area contributed by atoms with E-state index in [-0.39, 0.29) is 12.1 Å². The van der Waals surface area contributed by atoms with Crippen molar-refractivity contribution in [2.24, 2.45) is 11.8 Å². The van der Waals surface area contributed by atoms with Gasteiger partial charge < -0.3 is 18.9 Å².